The first-order valence-electron chi connectivity index (χ1n) is 9.65. The van der Waals surface area contributed by atoms with Crippen molar-refractivity contribution in [3.8, 4) is 0 Å². The molecule has 8 heteroatoms. The summed E-state index contributed by atoms with van der Waals surface area (Å²) in [6.45, 7) is 0.461. The molecule has 1 N–H and O–H groups in total. The van der Waals surface area contributed by atoms with Gasteiger partial charge in [0.1, 0.15) is 23.2 Å². The highest BCUT2D eigenvalue weighted by Gasteiger charge is 2.40. The third-order valence-corrected chi connectivity index (χ3v) is 5.74. The molecule has 3 aromatic heterocycles. The molecule has 1 atom stereocenters. The first kappa shape index (κ1) is 16.5. The number of amides is 1. The van der Waals surface area contributed by atoms with Crippen molar-refractivity contribution < 1.29 is 18.0 Å². The van der Waals surface area contributed by atoms with Crippen molar-refractivity contribution in [2.75, 3.05) is 6.54 Å². The van der Waals surface area contributed by atoms with Crippen LogP contribution in [-0.4, -0.2) is 32.3 Å². The van der Waals surface area contributed by atoms with Crippen molar-refractivity contribution in [2.45, 2.75) is 31.2 Å². The molecule has 1 aromatic carbocycles. The summed E-state index contributed by atoms with van der Waals surface area (Å²) in [6.07, 6.45) is 5.61. The van der Waals surface area contributed by atoms with Crippen molar-refractivity contribution in [3.05, 3.63) is 71.4 Å². The van der Waals surface area contributed by atoms with E-state index in [1.165, 1.54) is 12.5 Å². The van der Waals surface area contributed by atoms with E-state index in [0.717, 1.165) is 24.2 Å². The molecular weight excluding hydrogens is 375 g/mol. The van der Waals surface area contributed by atoms with E-state index < -0.39 is 6.04 Å². The highest BCUT2D eigenvalue weighted by atomic mass is 19.1. The molecule has 0 unspecified atom stereocenters. The molecule has 1 aliphatic heterocycles. The van der Waals surface area contributed by atoms with Gasteiger partial charge in [0.15, 0.2) is 6.39 Å². The molecule has 1 amide bonds. The van der Waals surface area contributed by atoms with Crippen LogP contribution in [0.3, 0.4) is 0 Å². The predicted octanol–water partition coefficient (Wildman–Crippen LogP) is 3.95. The van der Waals surface area contributed by atoms with Gasteiger partial charge in [-0.1, -0.05) is 6.07 Å². The number of aromatic nitrogens is 3. The van der Waals surface area contributed by atoms with Crippen LogP contribution in [0.1, 0.15) is 58.2 Å². The van der Waals surface area contributed by atoms with Crippen molar-refractivity contribution >= 4 is 16.9 Å². The van der Waals surface area contributed by atoms with E-state index >= 15 is 0 Å². The van der Waals surface area contributed by atoms with Gasteiger partial charge in [0, 0.05) is 24.6 Å². The summed E-state index contributed by atoms with van der Waals surface area (Å²) in [6, 6.07) is 5.79. The number of halogens is 1. The first-order valence-corrected chi connectivity index (χ1v) is 9.65. The van der Waals surface area contributed by atoms with Gasteiger partial charge >= 0.3 is 0 Å². The summed E-state index contributed by atoms with van der Waals surface area (Å²) < 4.78 is 25.7. The Hall–Kier alpha value is -3.42. The summed E-state index contributed by atoms with van der Waals surface area (Å²) >= 11 is 0. The summed E-state index contributed by atoms with van der Waals surface area (Å²) in [5.74, 6) is 0.429. The lowest BCUT2D eigenvalue weighted by molar-refractivity contribution is 0.0638. The van der Waals surface area contributed by atoms with Crippen LogP contribution in [0.2, 0.25) is 0 Å². The Kier molecular flexibility index (Phi) is 3.44. The fourth-order valence-corrected chi connectivity index (χ4v) is 4.16. The zero-order valence-electron chi connectivity index (χ0n) is 15.4. The molecule has 0 radical (unpaired) electrons. The highest BCUT2D eigenvalue weighted by Crippen LogP contribution is 2.42. The third-order valence-electron chi connectivity index (χ3n) is 5.74. The summed E-state index contributed by atoms with van der Waals surface area (Å²) in [7, 11) is 0. The number of rotatable bonds is 3. The number of fused-ring (bicyclic) bond motifs is 2. The molecule has 0 bridgehead atoms. The lowest BCUT2D eigenvalue weighted by Gasteiger charge is -2.33. The van der Waals surface area contributed by atoms with Crippen molar-refractivity contribution in [3.63, 3.8) is 0 Å². The molecule has 0 saturated heterocycles. The summed E-state index contributed by atoms with van der Waals surface area (Å²) in [5, 5.41) is 0.385. The number of H-pyrrole nitrogens is 1. The molecule has 4 aromatic rings. The van der Waals surface area contributed by atoms with E-state index in [4.69, 9.17) is 8.83 Å². The Bertz CT molecular complexity index is 1240. The van der Waals surface area contributed by atoms with Gasteiger partial charge in [-0.15, -0.1) is 0 Å². The molecule has 1 fully saturated rings. The number of hydrogen-bond donors (Lipinski definition) is 1. The SMILES string of the molecule is O=C(c1ocnc1C1CC1)N1CCc2[nH]cnc2[C@H]1c1cc2c(F)cccc2o1. The second-order valence-electron chi connectivity index (χ2n) is 7.56. The number of hydrogen-bond acceptors (Lipinski definition) is 5. The number of nitrogens with zero attached hydrogens (tertiary/aromatic N) is 3. The molecule has 1 saturated carbocycles. The number of carbonyl (C=O) groups is 1. The third kappa shape index (κ3) is 2.52. The molecule has 1 aliphatic carbocycles. The first-order chi connectivity index (χ1) is 14.2. The van der Waals surface area contributed by atoms with Crippen LogP contribution in [0.25, 0.3) is 11.0 Å². The van der Waals surface area contributed by atoms with Gasteiger partial charge in [-0.2, -0.15) is 0 Å². The molecule has 7 nitrogen and oxygen atoms in total. The topological polar surface area (TPSA) is 88.2 Å². The average Bonchev–Trinajstić information content (AvgIpc) is 3.13. The predicted molar refractivity (Wildman–Crippen MR) is 99.8 cm³/mol. The van der Waals surface area contributed by atoms with Gasteiger partial charge in [-0.05, 0) is 31.0 Å². The quantitative estimate of drug-likeness (QED) is 0.570. The molecule has 4 heterocycles. The molecular formula is C21H17FN4O3. The Morgan fingerprint density at radius 3 is 2.97 bits per heavy atom. The van der Waals surface area contributed by atoms with Gasteiger partial charge in [-0.3, -0.25) is 4.79 Å². The largest absolute Gasteiger partial charge is 0.458 e. The molecule has 29 heavy (non-hydrogen) atoms. The van der Waals surface area contributed by atoms with E-state index in [1.54, 1.807) is 29.4 Å². The van der Waals surface area contributed by atoms with Crippen LogP contribution >= 0.6 is 0 Å². The fourth-order valence-electron chi connectivity index (χ4n) is 4.16. The second kappa shape index (κ2) is 6.04. The Labute approximate surface area is 164 Å². The molecule has 2 aliphatic rings. The van der Waals surface area contributed by atoms with Gasteiger partial charge in [0.2, 0.25) is 5.76 Å². The highest BCUT2D eigenvalue weighted by molar-refractivity contribution is 5.93. The normalized spacial score (nSPS) is 18.9. The minimum Gasteiger partial charge on any atom is -0.458 e. The molecule has 6 rings (SSSR count). The van der Waals surface area contributed by atoms with Crippen LogP contribution in [0, 0.1) is 5.82 Å². The standard InChI is InChI=1S/C21H17FN4O3/c22-13-2-1-3-15-12(13)8-16(29-15)19-18-14(23-9-24-18)6-7-26(19)21(27)20-17(11-4-5-11)25-10-28-20/h1-3,8-11,19H,4-7H2,(H,23,24)/t19-/m1/s1. The van der Waals surface area contributed by atoms with Crippen LogP contribution < -0.4 is 0 Å². The van der Waals surface area contributed by atoms with E-state index in [1.807, 2.05) is 0 Å². The lowest BCUT2D eigenvalue weighted by atomic mass is 9.99. The van der Waals surface area contributed by atoms with Crippen LogP contribution in [-0.2, 0) is 6.42 Å². The number of nitrogens with one attached hydrogen (secondary N) is 1. The van der Waals surface area contributed by atoms with Crippen LogP contribution in [0.15, 0.2) is 45.8 Å². The monoisotopic (exact) mass is 392 g/mol. The van der Waals surface area contributed by atoms with Crippen molar-refractivity contribution in [2.24, 2.45) is 0 Å². The molecule has 146 valence electrons. The van der Waals surface area contributed by atoms with Gasteiger partial charge in [0.05, 0.1) is 23.1 Å². The maximum Gasteiger partial charge on any atom is 0.292 e. The van der Waals surface area contributed by atoms with Gasteiger partial charge < -0.3 is 18.7 Å². The number of benzene rings is 1. The van der Waals surface area contributed by atoms with Gasteiger partial charge in [-0.25, -0.2) is 14.4 Å². The maximum absolute atomic E-state index is 14.2. The van der Waals surface area contributed by atoms with E-state index in [2.05, 4.69) is 15.0 Å². The summed E-state index contributed by atoms with van der Waals surface area (Å²) in [4.78, 5) is 27.0. The fraction of sp³-hybridized carbons (Fsp3) is 0.286. The number of furan rings is 1. The zero-order valence-corrected chi connectivity index (χ0v) is 15.4. The second-order valence-corrected chi connectivity index (χ2v) is 7.56. The van der Waals surface area contributed by atoms with Gasteiger partial charge in [0.25, 0.3) is 5.91 Å². The number of carbonyl (C=O) groups excluding carboxylic acids is 1. The van der Waals surface area contributed by atoms with Crippen LogP contribution in [0.4, 0.5) is 4.39 Å². The number of imidazole rings is 1. The maximum atomic E-state index is 14.2. The summed E-state index contributed by atoms with van der Waals surface area (Å²) in [5.41, 5.74) is 2.81. The minimum atomic E-state index is -0.568. The number of aromatic amines is 1. The average molecular weight is 392 g/mol. The van der Waals surface area contributed by atoms with Crippen molar-refractivity contribution in [1.82, 2.24) is 19.9 Å². The Morgan fingerprint density at radius 1 is 1.24 bits per heavy atom. The number of oxazole rings is 1. The van der Waals surface area contributed by atoms with E-state index in [0.29, 0.717) is 35.4 Å². The Balaban J connectivity index is 1.47. The van der Waals surface area contributed by atoms with E-state index in [-0.39, 0.29) is 23.4 Å². The zero-order chi connectivity index (χ0) is 19.5. The van der Waals surface area contributed by atoms with E-state index in [9.17, 15) is 9.18 Å². The van der Waals surface area contributed by atoms with Crippen molar-refractivity contribution in [1.29, 1.82) is 0 Å². The lowest BCUT2D eigenvalue weighted by Crippen LogP contribution is -2.40. The Morgan fingerprint density at radius 2 is 2.14 bits per heavy atom. The minimum absolute atomic E-state index is 0.246. The smallest absolute Gasteiger partial charge is 0.292 e. The van der Waals surface area contributed by atoms with Crippen LogP contribution in [0.5, 0.6) is 0 Å². The molecule has 0 spiro atoms.